The summed E-state index contributed by atoms with van der Waals surface area (Å²) in [7, 11) is 0. The van der Waals surface area contributed by atoms with E-state index in [2.05, 4.69) is 12.2 Å². The number of nitriles is 1. The molecule has 6 nitrogen and oxygen atoms in total. The fourth-order valence-corrected chi connectivity index (χ4v) is 4.52. The van der Waals surface area contributed by atoms with E-state index in [1.165, 1.54) is 18.3 Å². The lowest BCUT2D eigenvalue weighted by atomic mass is 9.84. The Morgan fingerprint density at radius 3 is 2.93 bits per heavy atom. The molecule has 2 heterocycles. The Balaban J connectivity index is 1.62. The van der Waals surface area contributed by atoms with Crippen LogP contribution in [0.3, 0.4) is 0 Å². The molecule has 0 saturated carbocycles. The summed E-state index contributed by atoms with van der Waals surface area (Å²) >= 11 is 1.25. The topological polar surface area (TPSA) is 92.1 Å². The molecule has 1 aliphatic rings. The minimum atomic E-state index is -1.00. The number of amides is 1. The van der Waals surface area contributed by atoms with E-state index in [0.29, 0.717) is 22.0 Å². The summed E-state index contributed by atoms with van der Waals surface area (Å²) in [6.45, 7) is 3.70. The Kier molecular flexibility index (Phi) is 5.51. The fraction of sp³-hybridized carbons (Fsp3) is 0.304. The van der Waals surface area contributed by atoms with Crippen molar-refractivity contribution in [1.82, 2.24) is 4.98 Å². The molecule has 1 aromatic carbocycles. The summed E-state index contributed by atoms with van der Waals surface area (Å²) in [5.74, 6) is -0.535. The highest BCUT2D eigenvalue weighted by Crippen LogP contribution is 2.32. The number of thiophene rings is 1. The van der Waals surface area contributed by atoms with Gasteiger partial charge in [0.15, 0.2) is 6.10 Å². The summed E-state index contributed by atoms with van der Waals surface area (Å²) < 4.78 is 5.57. The lowest BCUT2D eigenvalue weighted by Crippen LogP contribution is -2.31. The zero-order valence-corrected chi connectivity index (χ0v) is 17.6. The first-order valence-corrected chi connectivity index (χ1v) is 10.8. The van der Waals surface area contributed by atoms with Crippen LogP contribution in [0.5, 0.6) is 0 Å². The van der Waals surface area contributed by atoms with E-state index < -0.39 is 18.0 Å². The number of nitrogens with zero attached hydrogens (tertiary/aromatic N) is 2. The Hall–Kier alpha value is -3.24. The number of aryl methyl sites for hydroxylation is 1. The van der Waals surface area contributed by atoms with Gasteiger partial charge < -0.3 is 10.1 Å². The van der Waals surface area contributed by atoms with Gasteiger partial charge in [0.05, 0.1) is 16.6 Å². The highest BCUT2D eigenvalue weighted by Gasteiger charge is 2.28. The maximum absolute atomic E-state index is 13.2. The average molecular weight is 420 g/mol. The van der Waals surface area contributed by atoms with Crippen LogP contribution in [0.2, 0.25) is 0 Å². The molecular weight excluding hydrogens is 398 g/mol. The summed E-state index contributed by atoms with van der Waals surface area (Å²) in [5.41, 5.74) is 3.51. The van der Waals surface area contributed by atoms with Gasteiger partial charge in [-0.3, -0.25) is 9.78 Å². The Labute approximate surface area is 178 Å². The van der Waals surface area contributed by atoms with Crippen LogP contribution in [0, 0.1) is 17.2 Å². The predicted molar refractivity (Wildman–Crippen MR) is 115 cm³/mol. The van der Waals surface area contributed by atoms with E-state index in [1.807, 2.05) is 30.3 Å². The number of carbonyl (C=O) groups excluding carboxylic acids is 2. The SMILES string of the molecule is C[C@H]1CCc2nc3ccccc3c(C(=O)O[C@H](C)C(=O)Nc3sccc3C#N)c2C1. The zero-order valence-electron chi connectivity index (χ0n) is 16.8. The van der Waals surface area contributed by atoms with E-state index >= 15 is 0 Å². The van der Waals surface area contributed by atoms with Crippen molar-refractivity contribution in [3.05, 3.63) is 58.1 Å². The number of ether oxygens (including phenoxy) is 1. The number of hydrogen-bond donors (Lipinski definition) is 1. The molecular formula is C23H21N3O3S. The van der Waals surface area contributed by atoms with E-state index in [0.717, 1.165) is 41.4 Å². The molecule has 1 N–H and O–H groups in total. The van der Waals surface area contributed by atoms with E-state index in [4.69, 9.17) is 15.0 Å². The van der Waals surface area contributed by atoms with Crippen molar-refractivity contribution >= 4 is 39.1 Å². The molecule has 1 amide bonds. The number of aromatic nitrogens is 1. The molecule has 0 unspecified atom stereocenters. The maximum Gasteiger partial charge on any atom is 0.339 e. The number of esters is 1. The van der Waals surface area contributed by atoms with Gasteiger partial charge in [0.1, 0.15) is 11.1 Å². The van der Waals surface area contributed by atoms with Crippen LogP contribution in [0.1, 0.15) is 47.4 Å². The predicted octanol–water partition coefficient (Wildman–Crippen LogP) is 4.48. The van der Waals surface area contributed by atoms with Gasteiger partial charge >= 0.3 is 5.97 Å². The van der Waals surface area contributed by atoms with E-state index in [9.17, 15) is 9.59 Å². The third-order valence-electron chi connectivity index (χ3n) is 5.39. The second kappa shape index (κ2) is 8.25. The standard InChI is InChI=1S/C23H21N3O3S/c1-13-7-8-19-17(11-13)20(16-5-3-4-6-18(16)25-19)23(28)29-14(2)21(27)26-22-15(12-24)9-10-30-22/h3-6,9-10,13-14H,7-8,11H2,1-2H3,(H,26,27)/t13-,14+/m0/s1. The molecule has 7 heteroatoms. The number of carbonyl (C=O) groups is 2. The number of pyridine rings is 1. The smallest absolute Gasteiger partial charge is 0.339 e. The molecule has 1 aliphatic carbocycles. The average Bonchev–Trinajstić information content (AvgIpc) is 3.18. The van der Waals surface area contributed by atoms with Crippen LogP contribution in [-0.2, 0) is 22.4 Å². The molecule has 3 aromatic rings. The zero-order chi connectivity index (χ0) is 21.3. The van der Waals surface area contributed by atoms with Crippen molar-refractivity contribution in [2.75, 3.05) is 5.32 Å². The van der Waals surface area contributed by atoms with Gasteiger partial charge in [0, 0.05) is 11.1 Å². The van der Waals surface area contributed by atoms with Crippen molar-refractivity contribution in [1.29, 1.82) is 5.26 Å². The Bertz CT molecular complexity index is 1180. The van der Waals surface area contributed by atoms with Crippen LogP contribution in [0.4, 0.5) is 5.00 Å². The number of benzene rings is 1. The molecule has 4 rings (SSSR count). The van der Waals surface area contributed by atoms with Crippen LogP contribution in [0.15, 0.2) is 35.7 Å². The Morgan fingerprint density at radius 2 is 2.13 bits per heavy atom. The number of rotatable bonds is 4. The summed E-state index contributed by atoms with van der Waals surface area (Å²) in [6.07, 6.45) is 1.62. The van der Waals surface area contributed by atoms with Crippen molar-refractivity contribution < 1.29 is 14.3 Å². The molecule has 0 spiro atoms. The van der Waals surface area contributed by atoms with Gasteiger partial charge in [-0.15, -0.1) is 11.3 Å². The normalized spacial score (nSPS) is 16.4. The third kappa shape index (κ3) is 3.79. The fourth-order valence-electron chi connectivity index (χ4n) is 3.78. The minimum absolute atomic E-state index is 0.384. The molecule has 2 aromatic heterocycles. The van der Waals surface area contributed by atoms with Crippen molar-refractivity contribution in [3.63, 3.8) is 0 Å². The minimum Gasteiger partial charge on any atom is -0.449 e. The van der Waals surface area contributed by atoms with E-state index in [1.54, 1.807) is 11.4 Å². The number of hydrogen-bond acceptors (Lipinski definition) is 6. The van der Waals surface area contributed by atoms with Crippen molar-refractivity contribution in [2.24, 2.45) is 5.92 Å². The van der Waals surface area contributed by atoms with Gasteiger partial charge in [-0.25, -0.2) is 4.79 Å². The van der Waals surface area contributed by atoms with Crippen LogP contribution in [-0.4, -0.2) is 23.0 Å². The first-order valence-electron chi connectivity index (χ1n) is 9.88. The summed E-state index contributed by atoms with van der Waals surface area (Å²) in [4.78, 5) is 30.5. The number of nitrogens with one attached hydrogen (secondary N) is 1. The number of anilines is 1. The van der Waals surface area contributed by atoms with Gasteiger partial charge in [-0.05, 0) is 55.2 Å². The van der Waals surface area contributed by atoms with Crippen LogP contribution < -0.4 is 5.32 Å². The monoisotopic (exact) mass is 419 g/mol. The first kappa shape index (κ1) is 20.0. The second-order valence-electron chi connectivity index (χ2n) is 7.59. The van der Waals surface area contributed by atoms with Gasteiger partial charge in [-0.1, -0.05) is 25.1 Å². The molecule has 0 radical (unpaired) electrons. The molecule has 30 heavy (non-hydrogen) atoms. The third-order valence-corrected chi connectivity index (χ3v) is 6.21. The molecule has 0 bridgehead atoms. The quantitative estimate of drug-likeness (QED) is 0.630. The molecule has 2 atom stereocenters. The van der Waals surface area contributed by atoms with Crippen LogP contribution >= 0.6 is 11.3 Å². The lowest BCUT2D eigenvalue weighted by molar-refractivity contribution is -0.123. The largest absolute Gasteiger partial charge is 0.449 e. The summed E-state index contributed by atoms with van der Waals surface area (Å²) in [6, 6.07) is 11.2. The van der Waals surface area contributed by atoms with Crippen molar-refractivity contribution in [3.8, 4) is 6.07 Å². The van der Waals surface area contributed by atoms with Crippen LogP contribution in [0.25, 0.3) is 10.9 Å². The second-order valence-corrected chi connectivity index (χ2v) is 8.51. The van der Waals surface area contributed by atoms with Gasteiger partial charge in [0.2, 0.25) is 0 Å². The highest BCUT2D eigenvalue weighted by molar-refractivity contribution is 7.14. The molecule has 0 aliphatic heterocycles. The number of fused-ring (bicyclic) bond motifs is 2. The summed E-state index contributed by atoms with van der Waals surface area (Å²) in [5, 5.41) is 14.7. The molecule has 0 fully saturated rings. The maximum atomic E-state index is 13.2. The molecule has 152 valence electrons. The number of para-hydroxylation sites is 1. The van der Waals surface area contributed by atoms with Gasteiger partial charge in [-0.2, -0.15) is 5.26 Å². The Morgan fingerprint density at radius 1 is 1.33 bits per heavy atom. The van der Waals surface area contributed by atoms with E-state index in [-0.39, 0.29) is 0 Å². The van der Waals surface area contributed by atoms with Crippen molar-refractivity contribution in [2.45, 2.75) is 39.2 Å². The van der Waals surface area contributed by atoms with Gasteiger partial charge in [0.25, 0.3) is 5.91 Å². The first-order chi connectivity index (χ1) is 14.5. The lowest BCUT2D eigenvalue weighted by Gasteiger charge is -2.24. The molecule has 0 saturated heterocycles. The highest BCUT2D eigenvalue weighted by atomic mass is 32.1.